The average Bonchev–Trinajstić information content (AvgIpc) is 2.70. The minimum absolute atomic E-state index is 0.0261. The number of rotatable bonds is 11. The summed E-state index contributed by atoms with van der Waals surface area (Å²) in [5.74, 6) is -0.396. The summed E-state index contributed by atoms with van der Waals surface area (Å²) in [6.45, 7) is 3.08. The largest absolute Gasteiger partial charge is 0.382 e. The molecule has 0 saturated heterocycles. The molecular formula is C20H23BrCl2N2O4S. The minimum atomic E-state index is -3.92. The van der Waals surface area contributed by atoms with Crippen LogP contribution in [0.15, 0.2) is 51.8 Å². The van der Waals surface area contributed by atoms with Crippen molar-refractivity contribution in [2.75, 3.05) is 26.3 Å². The molecule has 10 heteroatoms. The van der Waals surface area contributed by atoms with Gasteiger partial charge in [0.15, 0.2) is 0 Å². The monoisotopic (exact) mass is 536 g/mol. The summed E-state index contributed by atoms with van der Waals surface area (Å²) in [6.07, 6.45) is 0.645. The highest BCUT2D eigenvalue weighted by atomic mass is 79.9. The van der Waals surface area contributed by atoms with E-state index in [0.717, 1.165) is 8.78 Å². The van der Waals surface area contributed by atoms with Crippen molar-refractivity contribution in [1.82, 2.24) is 9.62 Å². The van der Waals surface area contributed by atoms with Crippen molar-refractivity contribution < 1.29 is 17.9 Å². The zero-order valence-corrected chi connectivity index (χ0v) is 20.3. The van der Waals surface area contributed by atoms with E-state index < -0.39 is 15.9 Å². The van der Waals surface area contributed by atoms with E-state index in [1.165, 1.54) is 12.1 Å². The van der Waals surface area contributed by atoms with E-state index in [2.05, 4.69) is 21.2 Å². The summed E-state index contributed by atoms with van der Waals surface area (Å²) < 4.78 is 33.5. The molecule has 2 aromatic carbocycles. The van der Waals surface area contributed by atoms with Gasteiger partial charge in [0.25, 0.3) is 0 Å². The number of benzene rings is 2. The van der Waals surface area contributed by atoms with Crippen LogP contribution in [-0.2, 0) is 26.1 Å². The molecule has 0 atom stereocenters. The number of nitrogens with one attached hydrogen (secondary N) is 1. The Morgan fingerprint density at radius 1 is 1.13 bits per heavy atom. The van der Waals surface area contributed by atoms with Gasteiger partial charge in [-0.3, -0.25) is 4.79 Å². The number of halogens is 3. The molecule has 30 heavy (non-hydrogen) atoms. The van der Waals surface area contributed by atoms with Crippen molar-refractivity contribution in [1.29, 1.82) is 0 Å². The number of nitrogens with zero attached hydrogens (tertiary/aromatic N) is 1. The van der Waals surface area contributed by atoms with Crippen LogP contribution >= 0.6 is 39.1 Å². The van der Waals surface area contributed by atoms with Gasteiger partial charge in [-0.25, -0.2) is 8.42 Å². The highest BCUT2D eigenvalue weighted by molar-refractivity contribution is 9.10. The Bertz CT molecular complexity index is 956. The van der Waals surface area contributed by atoms with Crippen LogP contribution < -0.4 is 5.32 Å². The molecule has 0 heterocycles. The van der Waals surface area contributed by atoms with E-state index in [9.17, 15) is 13.2 Å². The highest BCUT2D eigenvalue weighted by Crippen LogP contribution is 2.25. The molecule has 1 amide bonds. The van der Waals surface area contributed by atoms with Gasteiger partial charge in [-0.2, -0.15) is 4.31 Å². The summed E-state index contributed by atoms with van der Waals surface area (Å²) in [4.78, 5) is 12.5. The van der Waals surface area contributed by atoms with E-state index >= 15 is 0 Å². The van der Waals surface area contributed by atoms with Crippen LogP contribution in [-0.4, -0.2) is 44.9 Å². The number of hydrogen-bond acceptors (Lipinski definition) is 4. The van der Waals surface area contributed by atoms with Crippen LogP contribution in [0.3, 0.4) is 0 Å². The van der Waals surface area contributed by atoms with Crippen LogP contribution in [0, 0.1) is 0 Å². The highest BCUT2D eigenvalue weighted by Gasteiger charge is 2.27. The molecule has 0 spiro atoms. The van der Waals surface area contributed by atoms with Crippen molar-refractivity contribution in [2.24, 2.45) is 0 Å². The summed E-state index contributed by atoms with van der Waals surface area (Å²) in [5.41, 5.74) is 0.620. The topological polar surface area (TPSA) is 75.7 Å². The molecule has 1 N–H and O–H groups in total. The Labute approximate surface area is 195 Å². The molecule has 0 bridgehead atoms. The van der Waals surface area contributed by atoms with Gasteiger partial charge in [0.2, 0.25) is 15.9 Å². The molecule has 6 nitrogen and oxygen atoms in total. The summed E-state index contributed by atoms with van der Waals surface area (Å²) in [5, 5.41) is 3.42. The second kappa shape index (κ2) is 12.0. The van der Waals surface area contributed by atoms with Gasteiger partial charge < -0.3 is 10.1 Å². The second-order valence-corrected chi connectivity index (χ2v) is 10.0. The molecule has 0 aliphatic rings. The van der Waals surface area contributed by atoms with Crippen molar-refractivity contribution in [3.05, 3.63) is 62.5 Å². The van der Waals surface area contributed by atoms with E-state index in [1.54, 1.807) is 30.3 Å². The van der Waals surface area contributed by atoms with Crippen molar-refractivity contribution >= 4 is 55.1 Å². The lowest BCUT2D eigenvalue weighted by Crippen LogP contribution is -2.40. The fourth-order valence-corrected chi connectivity index (χ4v) is 4.55. The Kier molecular flexibility index (Phi) is 10.1. The summed E-state index contributed by atoms with van der Waals surface area (Å²) in [7, 11) is -3.92. The normalized spacial score (nSPS) is 11.6. The molecule has 0 saturated carbocycles. The molecule has 0 radical (unpaired) electrons. The molecule has 0 unspecified atom stereocenters. The molecular weight excluding hydrogens is 515 g/mol. The molecule has 0 aromatic heterocycles. The lowest BCUT2D eigenvalue weighted by Gasteiger charge is -2.22. The number of amides is 1. The fraction of sp³-hybridized carbons (Fsp3) is 0.350. The SMILES string of the molecule is CCOCCCNC(=O)CN(Cc1ccc(Cl)c(Cl)c1)S(=O)(=O)c1ccc(Br)cc1. The lowest BCUT2D eigenvalue weighted by atomic mass is 10.2. The van der Waals surface area contributed by atoms with E-state index in [0.29, 0.717) is 41.8 Å². The number of carbonyl (C=O) groups excluding carboxylic acids is 1. The molecule has 0 aliphatic carbocycles. The number of sulfonamides is 1. The van der Waals surface area contributed by atoms with Gasteiger partial charge >= 0.3 is 0 Å². The Balaban J connectivity index is 2.19. The zero-order valence-electron chi connectivity index (χ0n) is 16.4. The number of carbonyl (C=O) groups is 1. The summed E-state index contributed by atoms with van der Waals surface area (Å²) >= 11 is 15.3. The zero-order chi connectivity index (χ0) is 22.1. The van der Waals surface area contributed by atoms with Crippen LogP contribution in [0.25, 0.3) is 0 Å². The Morgan fingerprint density at radius 2 is 1.83 bits per heavy atom. The van der Waals surface area contributed by atoms with Gasteiger partial charge in [-0.15, -0.1) is 0 Å². The van der Waals surface area contributed by atoms with E-state index in [1.807, 2.05) is 6.92 Å². The molecule has 2 rings (SSSR count). The van der Waals surface area contributed by atoms with Gasteiger partial charge in [0, 0.05) is 30.8 Å². The van der Waals surface area contributed by atoms with Crippen molar-refractivity contribution in [2.45, 2.75) is 24.8 Å². The first-order valence-electron chi connectivity index (χ1n) is 9.28. The fourth-order valence-electron chi connectivity index (χ4n) is 2.59. The quantitative estimate of drug-likeness (QED) is 0.428. The maximum absolute atomic E-state index is 13.2. The molecule has 164 valence electrons. The van der Waals surface area contributed by atoms with E-state index in [-0.39, 0.29) is 18.0 Å². The first kappa shape index (κ1) is 25.1. The number of hydrogen-bond donors (Lipinski definition) is 1. The smallest absolute Gasteiger partial charge is 0.243 e. The summed E-state index contributed by atoms with van der Waals surface area (Å²) in [6, 6.07) is 11.1. The molecule has 0 fully saturated rings. The maximum atomic E-state index is 13.2. The van der Waals surface area contributed by atoms with Gasteiger partial charge in [-0.1, -0.05) is 45.2 Å². The number of ether oxygens (including phenoxy) is 1. The molecule has 2 aromatic rings. The second-order valence-electron chi connectivity index (χ2n) is 6.38. The first-order valence-corrected chi connectivity index (χ1v) is 12.3. The van der Waals surface area contributed by atoms with Crippen LogP contribution in [0.2, 0.25) is 10.0 Å². The van der Waals surface area contributed by atoms with Crippen LogP contribution in [0.4, 0.5) is 0 Å². The third kappa shape index (κ3) is 7.51. The van der Waals surface area contributed by atoms with Crippen molar-refractivity contribution in [3.8, 4) is 0 Å². The van der Waals surface area contributed by atoms with Gasteiger partial charge in [0.05, 0.1) is 21.5 Å². The van der Waals surface area contributed by atoms with Gasteiger partial charge in [0.1, 0.15) is 0 Å². The van der Waals surface area contributed by atoms with Gasteiger partial charge in [-0.05, 0) is 55.3 Å². The Morgan fingerprint density at radius 3 is 2.47 bits per heavy atom. The maximum Gasteiger partial charge on any atom is 0.243 e. The minimum Gasteiger partial charge on any atom is -0.382 e. The average molecular weight is 538 g/mol. The third-order valence-electron chi connectivity index (χ3n) is 4.11. The first-order chi connectivity index (χ1) is 14.2. The Hall–Kier alpha value is -1.16. The van der Waals surface area contributed by atoms with Crippen molar-refractivity contribution in [3.63, 3.8) is 0 Å². The molecule has 0 aliphatic heterocycles. The van der Waals surface area contributed by atoms with Crippen LogP contribution in [0.5, 0.6) is 0 Å². The van der Waals surface area contributed by atoms with Crippen LogP contribution in [0.1, 0.15) is 18.9 Å². The lowest BCUT2D eigenvalue weighted by molar-refractivity contribution is -0.121. The standard InChI is InChI=1S/C20H23BrCl2N2O4S/c1-2-29-11-3-10-24-20(26)14-25(13-15-4-9-18(22)19(23)12-15)30(27,28)17-7-5-16(21)6-8-17/h4-9,12H,2-3,10-11,13-14H2,1H3,(H,24,26). The third-order valence-corrected chi connectivity index (χ3v) is 7.18. The predicted octanol–water partition coefficient (Wildman–Crippen LogP) is 4.49. The van der Waals surface area contributed by atoms with E-state index in [4.69, 9.17) is 27.9 Å². The predicted molar refractivity (Wildman–Crippen MR) is 122 cm³/mol.